The summed E-state index contributed by atoms with van der Waals surface area (Å²) in [4.78, 5) is 22.6. The van der Waals surface area contributed by atoms with Crippen molar-refractivity contribution >= 4 is 12.2 Å². The molecular weight excluding hydrogens is 204 g/mol. The summed E-state index contributed by atoms with van der Waals surface area (Å²) in [5.41, 5.74) is 5.78. The van der Waals surface area contributed by atoms with Crippen LogP contribution in [-0.2, 0) is 9.59 Å². The van der Waals surface area contributed by atoms with Crippen LogP contribution in [0.4, 0.5) is 0 Å². The minimum Gasteiger partial charge on any atom is -0.344 e. The Balaban J connectivity index is 1.84. The van der Waals surface area contributed by atoms with Gasteiger partial charge >= 0.3 is 0 Å². The van der Waals surface area contributed by atoms with Gasteiger partial charge in [0.15, 0.2) is 0 Å². The van der Waals surface area contributed by atoms with Crippen molar-refractivity contribution in [2.24, 2.45) is 17.6 Å². The predicted octanol–water partition coefficient (Wildman–Crippen LogP) is 0.508. The van der Waals surface area contributed by atoms with Crippen molar-refractivity contribution < 1.29 is 9.59 Å². The fraction of sp³-hybridized carbons (Fsp3) is 0.833. The second-order valence-electron chi connectivity index (χ2n) is 5.01. The highest BCUT2D eigenvalue weighted by Gasteiger charge is 2.35. The maximum Gasteiger partial charge on any atom is 0.237 e. The number of nitrogens with one attached hydrogen (secondary N) is 1. The van der Waals surface area contributed by atoms with Crippen LogP contribution in [0.25, 0.3) is 0 Å². The third-order valence-corrected chi connectivity index (χ3v) is 3.73. The molecule has 0 saturated heterocycles. The predicted molar refractivity (Wildman–Crippen MR) is 60.3 cm³/mol. The molecule has 2 saturated carbocycles. The highest BCUT2D eigenvalue weighted by molar-refractivity contribution is 5.85. The largest absolute Gasteiger partial charge is 0.344 e. The number of rotatable bonds is 5. The minimum atomic E-state index is -0.445. The molecule has 0 unspecified atom stereocenters. The number of amides is 1. The third-order valence-electron chi connectivity index (χ3n) is 3.73. The van der Waals surface area contributed by atoms with Crippen LogP contribution in [0.5, 0.6) is 0 Å². The van der Waals surface area contributed by atoms with Crippen molar-refractivity contribution in [1.29, 1.82) is 0 Å². The van der Waals surface area contributed by atoms with Gasteiger partial charge in [-0.2, -0.15) is 0 Å². The first kappa shape index (κ1) is 11.6. The zero-order valence-corrected chi connectivity index (χ0v) is 9.45. The van der Waals surface area contributed by atoms with Gasteiger partial charge < -0.3 is 11.1 Å². The Hall–Kier alpha value is -0.900. The summed E-state index contributed by atoms with van der Waals surface area (Å²) in [6, 6.07) is -0.878. The second-order valence-corrected chi connectivity index (χ2v) is 5.01. The fourth-order valence-electron chi connectivity index (χ4n) is 2.45. The standard InChI is InChI=1S/C12H19N2O2/c13-11(9-5-6-9)12(16)14-10(7-15)8-3-1-2-4-8/h8-11H,1-6,13H2,(H,14,16)/t10-,11+/m1/s1. The first-order valence-corrected chi connectivity index (χ1v) is 6.16. The molecule has 0 spiro atoms. The van der Waals surface area contributed by atoms with E-state index in [0.29, 0.717) is 5.92 Å². The Morgan fingerprint density at radius 2 is 1.81 bits per heavy atom. The molecule has 4 nitrogen and oxygen atoms in total. The Morgan fingerprint density at radius 1 is 1.19 bits per heavy atom. The zero-order valence-electron chi connectivity index (χ0n) is 9.45. The number of hydrogen-bond donors (Lipinski definition) is 2. The van der Waals surface area contributed by atoms with Gasteiger partial charge in [0.2, 0.25) is 12.2 Å². The molecule has 16 heavy (non-hydrogen) atoms. The zero-order chi connectivity index (χ0) is 11.5. The summed E-state index contributed by atoms with van der Waals surface area (Å²) in [6.07, 6.45) is 8.34. The van der Waals surface area contributed by atoms with Crippen LogP contribution in [0.1, 0.15) is 38.5 Å². The van der Waals surface area contributed by atoms with Gasteiger partial charge in [0.05, 0.1) is 12.1 Å². The Kier molecular flexibility index (Phi) is 3.59. The molecule has 0 aromatic rings. The number of hydrogen-bond acceptors (Lipinski definition) is 3. The van der Waals surface area contributed by atoms with Gasteiger partial charge in [-0.1, -0.05) is 12.8 Å². The van der Waals surface area contributed by atoms with Crippen molar-refractivity contribution in [2.45, 2.75) is 50.6 Å². The Labute approximate surface area is 96.0 Å². The van der Waals surface area contributed by atoms with E-state index in [9.17, 15) is 9.59 Å². The summed E-state index contributed by atoms with van der Waals surface area (Å²) < 4.78 is 0. The van der Waals surface area contributed by atoms with Crippen LogP contribution in [0.2, 0.25) is 0 Å². The third kappa shape index (κ3) is 2.61. The van der Waals surface area contributed by atoms with Crippen LogP contribution in [-0.4, -0.2) is 24.3 Å². The van der Waals surface area contributed by atoms with E-state index in [-0.39, 0.29) is 11.8 Å². The van der Waals surface area contributed by atoms with E-state index in [0.717, 1.165) is 38.5 Å². The van der Waals surface area contributed by atoms with Crippen LogP contribution < -0.4 is 11.1 Å². The van der Waals surface area contributed by atoms with Crippen LogP contribution >= 0.6 is 0 Å². The van der Waals surface area contributed by atoms with Crippen molar-refractivity contribution in [3.8, 4) is 0 Å². The molecule has 1 amide bonds. The van der Waals surface area contributed by atoms with Crippen molar-refractivity contribution in [2.75, 3.05) is 0 Å². The molecule has 2 fully saturated rings. The molecule has 2 atom stereocenters. The average Bonchev–Trinajstić information content (AvgIpc) is 3.00. The Bertz CT molecular complexity index is 270. The van der Waals surface area contributed by atoms with E-state index in [1.807, 2.05) is 6.29 Å². The van der Waals surface area contributed by atoms with E-state index in [1.54, 1.807) is 0 Å². The van der Waals surface area contributed by atoms with Gasteiger partial charge in [0.25, 0.3) is 0 Å². The van der Waals surface area contributed by atoms with Gasteiger partial charge in [-0.25, -0.2) is 0 Å². The molecular formula is C12H19N2O2. The monoisotopic (exact) mass is 223 g/mol. The maximum atomic E-state index is 11.7. The molecule has 0 bridgehead atoms. The van der Waals surface area contributed by atoms with E-state index in [2.05, 4.69) is 5.32 Å². The molecule has 0 aromatic carbocycles. The van der Waals surface area contributed by atoms with Gasteiger partial charge in [-0.15, -0.1) is 0 Å². The van der Waals surface area contributed by atoms with E-state index in [1.165, 1.54) is 0 Å². The number of carbonyl (C=O) groups excluding carboxylic acids is 2. The molecule has 0 aromatic heterocycles. The Morgan fingerprint density at radius 3 is 2.31 bits per heavy atom. The van der Waals surface area contributed by atoms with E-state index < -0.39 is 12.1 Å². The lowest BCUT2D eigenvalue weighted by molar-refractivity contribution is -0.123. The highest BCUT2D eigenvalue weighted by Crippen LogP contribution is 2.32. The molecule has 3 N–H and O–H groups in total. The molecule has 0 aliphatic heterocycles. The molecule has 89 valence electrons. The molecule has 1 radical (unpaired) electrons. The summed E-state index contributed by atoms with van der Waals surface area (Å²) >= 11 is 0. The van der Waals surface area contributed by atoms with Crippen molar-refractivity contribution in [1.82, 2.24) is 5.32 Å². The number of nitrogens with two attached hydrogens (primary N) is 1. The van der Waals surface area contributed by atoms with Gasteiger partial charge in [0.1, 0.15) is 0 Å². The summed E-state index contributed by atoms with van der Waals surface area (Å²) in [5.74, 6) is 0.423. The summed E-state index contributed by atoms with van der Waals surface area (Å²) in [5, 5.41) is 2.74. The molecule has 0 heterocycles. The van der Waals surface area contributed by atoms with Crippen LogP contribution in [0.15, 0.2) is 0 Å². The first-order valence-electron chi connectivity index (χ1n) is 6.16. The fourth-order valence-corrected chi connectivity index (χ4v) is 2.45. The van der Waals surface area contributed by atoms with Gasteiger partial charge in [-0.3, -0.25) is 9.59 Å². The summed E-state index contributed by atoms with van der Waals surface area (Å²) in [7, 11) is 0. The van der Waals surface area contributed by atoms with Crippen LogP contribution in [0.3, 0.4) is 0 Å². The average molecular weight is 223 g/mol. The molecule has 2 aliphatic carbocycles. The van der Waals surface area contributed by atoms with Crippen LogP contribution in [0, 0.1) is 11.8 Å². The lowest BCUT2D eigenvalue weighted by Crippen LogP contribution is -2.49. The quantitative estimate of drug-likeness (QED) is 0.713. The first-order chi connectivity index (χ1) is 7.72. The van der Waals surface area contributed by atoms with Crippen molar-refractivity contribution in [3.63, 3.8) is 0 Å². The highest BCUT2D eigenvalue weighted by atomic mass is 16.2. The van der Waals surface area contributed by atoms with E-state index >= 15 is 0 Å². The minimum absolute atomic E-state index is 0.178. The second kappa shape index (κ2) is 4.95. The smallest absolute Gasteiger partial charge is 0.237 e. The number of carbonyl (C=O) groups is 1. The maximum absolute atomic E-state index is 11.7. The molecule has 2 aliphatic rings. The van der Waals surface area contributed by atoms with Gasteiger partial charge in [0, 0.05) is 0 Å². The summed E-state index contributed by atoms with van der Waals surface area (Å²) in [6.45, 7) is 0. The topological polar surface area (TPSA) is 72.2 Å². The van der Waals surface area contributed by atoms with Crippen molar-refractivity contribution in [3.05, 3.63) is 0 Å². The SMILES string of the molecule is N[C@H](C(=O)N[C@H]([C]=O)C1CCCC1)C1CC1. The molecule has 4 heteroatoms. The van der Waals surface area contributed by atoms with E-state index in [4.69, 9.17) is 5.73 Å². The lowest BCUT2D eigenvalue weighted by Gasteiger charge is -2.20. The molecule has 2 rings (SSSR count). The van der Waals surface area contributed by atoms with Gasteiger partial charge in [-0.05, 0) is 37.5 Å². The normalized spacial score (nSPS) is 25.1. The lowest BCUT2D eigenvalue weighted by atomic mass is 9.99.